The highest BCUT2D eigenvalue weighted by molar-refractivity contribution is 5.76. The van der Waals surface area contributed by atoms with Gasteiger partial charge in [0.1, 0.15) is 73.2 Å². The van der Waals surface area contributed by atoms with Crippen molar-refractivity contribution in [1.82, 2.24) is 5.32 Å². The van der Waals surface area contributed by atoms with Crippen molar-refractivity contribution in [3.8, 4) is 0 Å². The summed E-state index contributed by atoms with van der Waals surface area (Å²) in [7, 11) is 0. The van der Waals surface area contributed by atoms with E-state index in [0.717, 1.165) is 70.6 Å². The first kappa shape index (κ1) is 60.6. The third kappa shape index (κ3) is 20.4. The van der Waals surface area contributed by atoms with Gasteiger partial charge < -0.3 is 89.9 Å². The van der Waals surface area contributed by atoms with Crippen LogP contribution in [0.1, 0.15) is 149 Å². The Labute approximate surface area is 403 Å². The Bertz CT molecular complexity index is 1360. The van der Waals surface area contributed by atoms with Gasteiger partial charge in [-0.25, -0.2) is 0 Å². The van der Waals surface area contributed by atoms with Crippen LogP contribution in [-0.4, -0.2) is 193 Å². The predicted molar refractivity (Wildman–Crippen MR) is 250 cm³/mol. The molecule has 3 fully saturated rings. The molecule has 0 saturated carbocycles. The lowest BCUT2D eigenvalue weighted by atomic mass is 9.96. The summed E-state index contributed by atoms with van der Waals surface area (Å²) in [5.41, 5.74) is 0. The predicted octanol–water partition coefficient (Wildman–Crippen LogP) is 1.64. The number of hydrogen-bond donors (Lipinski definition) is 12. The molecule has 3 aliphatic rings. The number of rotatable bonds is 35. The van der Waals surface area contributed by atoms with Gasteiger partial charge >= 0.3 is 0 Å². The standard InChI is InChI=1S/C49H89NO18/c1-3-5-7-9-11-13-14-15-16-17-19-21-23-25-27-37(55)50-32(33(54)26-24-22-20-18-12-10-8-6-4-2)31-63-47-43(61)40(58)45(35(29-52)65-47)68-49-44(62)41(59)46(36(30-53)66-49)67-48-42(60)39(57)38(56)34(28-51)64-48/h9,11,14-15,32-36,38-49,51-54,56-62H,3-8,10,12-13,16-31H2,1-2H3,(H,50,55)/b11-9-,15-14-. The highest BCUT2D eigenvalue weighted by Crippen LogP contribution is 2.33. The largest absolute Gasteiger partial charge is 0.394 e. The van der Waals surface area contributed by atoms with Gasteiger partial charge in [-0.05, 0) is 38.5 Å². The van der Waals surface area contributed by atoms with Crippen LogP contribution in [-0.2, 0) is 33.2 Å². The molecule has 17 atom stereocenters. The van der Waals surface area contributed by atoms with Gasteiger partial charge in [-0.15, -0.1) is 0 Å². The lowest BCUT2D eigenvalue weighted by Crippen LogP contribution is -2.66. The van der Waals surface area contributed by atoms with Crippen LogP contribution in [0.5, 0.6) is 0 Å². The monoisotopic (exact) mass is 980 g/mol. The Morgan fingerprint density at radius 3 is 1.54 bits per heavy atom. The zero-order chi connectivity index (χ0) is 49.8. The van der Waals surface area contributed by atoms with Crippen LogP contribution in [0.15, 0.2) is 24.3 Å². The minimum Gasteiger partial charge on any atom is -0.394 e. The van der Waals surface area contributed by atoms with Gasteiger partial charge in [0.25, 0.3) is 0 Å². The molecule has 1 amide bonds. The van der Waals surface area contributed by atoms with Gasteiger partial charge in [0.05, 0.1) is 38.6 Å². The molecule has 0 aromatic carbocycles. The highest BCUT2D eigenvalue weighted by atomic mass is 16.8. The number of unbranched alkanes of at least 4 members (excludes halogenated alkanes) is 15. The van der Waals surface area contributed by atoms with Crippen molar-refractivity contribution in [1.29, 1.82) is 0 Å². The van der Waals surface area contributed by atoms with E-state index in [4.69, 9.17) is 28.4 Å². The lowest BCUT2D eigenvalue weighted by molar-refractivity contribution is -0.379. The second kappa shape index (κ2) is 34.6. The molecular formula is C49H89NO18. The van der Waals surface area contributed by atoms with Crippen molar-refractivity contribution >= 4 is 5.91 Å². The number of aliphatic hydroxyl groups is 11. The van der Waals surface area contributed by atoms with Crippen LogP contribution in [0.2, 0.25) is 0 Å². The van der Waals surface area contributed by atoms with E-state index < -0.39 is 124 Å². The summed E-state index contributed by atoms with van der Waals surface area (Å²) in [5.74, 6) is -0.262. The van der Waals surface area contributed by atoms with Gasteiger partial charge in [-0.3, -0.25) is 4.79 Å². The molecule has 19 nitrogen and oxygen atoms in total. The minimum atomic E-state index is -1.97. The molecule has 0 radical (unpaired) electrons. The summed E-state index contributed by atoms with van der Waals surface area (Å²) in [6, 6.07) is -0.889. The summed E-state index contributed by atoms with van der Waals surface area (Å²) in [5, 5.41) is 120. The topological polar surface area (TPSA) is 307 Å². The molecule has 0 aromatic heterocycles. The first-order chi connectivity index (χ1) is 32.8. The van der Waals surface area contributed by atoms with Crippen LogP contribution in [0.25, 0.3) is 0 Å². The summed E-state index contributed by atoms with van der Waals surface area (Å²) in [4.78, 5) is 13.2. The first-order valence-corrected chi connectivity index (χ1v) is 25.6. The summed E-state index contributed by atoms with van der Waals surface area (Å²) in [6.45, 7) is 1.66. The molecule has 0 bridgehead atoms. The first-order valence-electron chi connectivity index (χ1n) is 25.6. The normalized spacial score (nSPS) is 33.3. The van der Waals surface area contributed by atoms with E-state index in [0.29, 0.717) is 12.8 Å². The zero-order valence-corrected chi connectivity index (χ0v) is 40.6. The number of ether oxygens (including phenoxy) is 6. The molecule has 3 rings (SSSR count). The van der Waals surface area contributed by atoms with Gasteiger partial charge in [0.15, 0.2) is 18.9 Å². The van der Waals surface area contributed by atoms with E-state index in [-0.39, 0.29) is 18.9 Å². The molecule has 398 valence electrons. The molecule has 0 aromatic rings. The Morgan fingerprint density at radius 1 is 0.529 bits per heavy atom. The fraction of sp³-hybridized carbons (Fsp3) is 0.898. The smallest absolute Gasteiger partial charge is 0.220 e. The molecular weight excluding hydrogens is 891 g/mol. The average Bonchev–Trinajstić information content (AvgIpc) is 3.33. The quantitative estimate of drug-likeness (QED) is 0.0317. The molecule has 12 N–H and O–H groups in total. The second-order valence-electron chi connectivity index (χ2n) is 18.6. The SMILES string of the molecule is CCCC/C=C\C/C=C\CCCCCCCC(=O)NC(COC1OC(CO)C(OC2OC(CO)C(OC3OC(CO)C(O)C(O)C3O)C(O)C2O)C(O)C1O)C(O)CCCCCCCCCCC. The number of carbonyl (C=O) groups excluding carboxylic acids is 1. The maximum Gasteiger partial charge on any atom is 0.220 e. The van der Waals surface area contributed by atoms with Crippen molar-refractivity contribution in [2.75, 3.05) is 26.4 Å². The minimum absolute atomic E-state index is 0.250. The van der Waals surface area contributed by atoms with E-state index in [1.165, 1.54) is 44.9 Å². The fourth-order valence-electron chi connectivity index (χ4n) is 8.68. The zero-order valence-electron chi connectivity index (χ0n) is 40.6. The molecule has 3 saturated heterocycles. The van der Waals surface area contributed by atoms with E-state index in [1.807, 2.05) is 0 Å². The number of hydrogen-bond acceptors (Lipinski definition) is 18. The molecule has 19 heteroatoms. The van der Waals surface area contributed by atoms with Crippen LogP contribution in [0.4, 0.5) is 0 Å². The average molecular weight is 980 g/mol. The Balaban J connectivity index is 1.55. The van der Waals surface area contributed by atoms with Crippen molar-refractivity contribution < 1.29 is 89.4 Å². The van der Waals surface area contributed by atoms with Crippen molar-refractivity contribution in [3.63, 3.8) is 0 Å². The lowest BCUT2D eigenvalue weighted by Gasteiger charge is -2.48. The van der Waals surface area contributed by atoms with Gasteiger partial charge in [-0.1, -0.05) is 128 Å². The van der Waals surface area contributed by atoms with E-state index in [2.05, 4.69) is 43.5 Å². The van der Waals surface area contributed by atoms with Crippen LogP contribution < -0.4 is 5.32 Å². The summed E-state index contributed by atoms with van der Waals surface area (Å²) in [6.07, 6.45) is 3.00. The van der Waals surface area contributed by atoms with Gasteiger partial charge in [-0.2, -0.15) is 0 Å². The number of amides is 1. The molecule has 3 aliphatic heterocycles. The number of aliphatic hydroxyl groups excluding tert-OH is 11. The Morgan fingerprint density at radius 2 is 0.985 bits per heavy atom. The van der Waals surface area contributed by atoms with E-state index >= 15 is 0 Å². The Hall–Kier alpha value is -1.73. The molecule has 68 heavy (non-hydrogen) atoms. The van der Waals surface area contributed by atoms with Crippen LogP contribution in [0, 0.1) is 0 Å². The highest BCUT2D eigenvalue weighted by Gasteiger charge is 2.53. The summed E-state index contributed by atoms with van der Waals surface area (Å²) < 4.78 is 34.1. The Kier molecular flexibility index (Phi) is 30.8. The number of allylic oxidation sites excluding steroid dienone is 4. The van der Waals surface area contributed by atoms with Crippen molar-refractivity contribution in [2.24, 2.45) is 0 Å². The van der Waals surface area contributed by atoms with Crippen molar-refractivity contribution in [3.05, 3.63) is 24.3 Å². The molecule has 0 aliphatic carbocycles. The number of nitrogens with one attached hydrogen (secondary N) is 1. The summed E-state index contributed by atoms with van der Waals surface area (Å²) >= 11 is 0. The maximum absolute atomic E-state index is 13.2. The van der Waals surface area contributed by atoms with Crippen LogP contribution in [0.3, 0.4) is 0 Å². The van der Waals surface area contributed by atoms with Crippen LogP contribution >= 0.6 is 0 Å². The molecule has 0 spiro atoms. The third-order valence-electron chi connectivity index (χ3n) is 13.0. The van der Waals surface area contributed by atoms with E-state index in [1.54, 1.807) is 0 Å². The number of carbonyl (C=O) groups is 1. The van der Waals surface area contributed by atoms with Crippen molar-refractivity contribution in [2.45, 2.75) is 253 Å². The molecule has 3 heterocycles. The van der Waals surface area contributed by atoms with Gasteiger partial charge in [0.2, 0.25) is 5.91 Å². The van der Waals surface area contributed by atoms with E-state index in [9.17, 15) is 61.0 Å². The third-order valence-corrected chi connectivity index (χ3v) is 13.0. The molecule has 17 unspecified atom stereocenters. The van der Waals surface area contributed by atoms with Gasteiger partial charge in [0, 0.05) is 6.42 Å². The fourth-order valence-corrected chi connectivity index (χ4v) is 8.68. The maximum atomic E-state index is 13.2. The second-order valence-corrected chi connectivity index (χ2v) is 18.6.